The van der Waals surface area contributed by atoms with E-state index in [9.17, 15) is 0 Å². The van der Waals surface area contributed by atoms with Gasteiger partial charge in [0.2, 0.25) is 0 Å². The summed E-state index contributed by atoms with van der Waals surface area (Å²) in [4.78, 5) is 0. The topological polar surface area (TPSA) is 12.0 Å². The number of hydrogen-bond donors (Lipinski definition) is 1. The fraction of sp³-hybridized carbons (Fsp3) is 0.900. The Hall–Kier alpha value is -0.0400. The van der Waals surface area contributed by atoms with Crippen LogP contribution in [0.4, 0.5) is 0 Å². The van der Waals surface area contributed by atoms with E-state index < -0.39 is 0 Å². The summed E-state index contributed by atoms with van der Waals surface area (Å²) in [5.41, 5.74) is 0.214. The van der Waals surface area contributed by atoms with Crippen molar-refractivity contribution >= 4 is 0 Å². The van der Waals surface area contributed by atoms with E-state index in [1.54, 1.807) is 0 Å². The molecule has 0 aromatic rings. The molecule has 0 heterocycles. The molecule has 1 rings (SSSR count). The highest BCUT2D eigenvalue weighted by Gasteiger charge is 2.23. The van der Waals surface area contributed by atoms with Gasteiger partial charge < -0.3 is 5.32 Å². The molecule has 0 aromatic heterocycles. The molecule has 0 amide bonds. The van der Waals surface area contributed by atoms with E-state index in [1.807, 2.05) is 0 Å². The van der Waals surface area contributed by atoms with Crippen LogP contribution in [-0.2, 0) is 0 Å². The Labute approximate surface area is 70.6 Å². The van der Waals surface area contributed by atoms with Gasteiger partial charge in [0, 0.05) is 5.54 Å². The molecular weight excluding hydrogens is 134 g/mol. The number of nitrogens with one attached hydrogen (secondary N) is 1. The van der Waals surface area contributed by atoms with Crippen molar-refractivity contribution in [3.05, 3.63) is 6.92 Å². The van der Waals surface area contributed by atoms with Gasteiger partial charge in [-0.2, -0.15) is 0 Å². The molecule has 1 N–H and O–H groups in total. The van der Waals surface area contributed by atoms with Crippen molar-refractivity contribution in [2.45, 2.75) is 51.0 Å². The molecule has 0 aliphatic heterocycles. The molecule has 11 heavy (non-hydrogen) atoms. The first-order chi connectivity index (χ1) is 5.27. The minimum Gasteiger partial charge on any atom is -0.312 e. The van der Waals surface area contributed by atoms with Gasteiger partial charge in [0.05, 0.1) is 0 Å². The smallest absolute Gasteiger partial charge is 0.0182 e. The Morgan fingerprint density at radius 2 is 1.73 bits per heavy atom. The standard InChI is InChI=1S/C10H20N/c1-3-11-10(2)8-6-4-5-7-9-10/h11H,2-9H2,1H3. The molecule has 1 saturated carbocycles. The van der Waals surface area contributed by atoms with Gasteiger partial charge in [-0.05, 0) is 26.3 Å². The highest BCUT2D eigenvalue weighted by atomic mass is 14.9. The minimum absolute atomic E-state index is 0.214. The van der Waals surface area contributed by atoms with E-state index in [4.69, 9.17) is 0 Å². The fourth-order valence-corrected chi connectivity index (χ4v) is 1.96. The number of hydrogen-bond acceptors (Lipinski definition) is 1. The Bertz CT molecular complexity index is 101. The zero-order chi connectivity index (χ0) is 8.16. The van der Waals surface area contributed by atoms with Crippen molar-refractivity contribution in [3.8, 4) is 0 Å². The van der Waals surface area contributed by atoms with Crippen LogP contribution in [0.1, 0.15) is 45.4 Å². The molecule has 0 bridgehead atoms. The van der Waals surface area contributed by atoms with E-state index in [1.165, 1.54) is 38.5 Å². The maximum absolute atomic E-state index is 4.27. The van der Waals surface area contributed by atoms with Crippen molar-refractivity contribution in [1.82, 2.24) is 5.32 Å². The summed E-state index contributed by atoms with van der Waals surface area (Å²) < 4.78 is 0. The second-order valence-corrected chi connectivity index (χ2v) is 3.72. The van der Waals surface area contributed by atoms with Gasteiger partial charge in [0.1, 0.15) is 0 Å². The largest absolute Gasteiger partial charge is 0.312 e. The quantitative estimate of drug-likeness (QED) is 0.603. The molecule has 1 fully saturated rings. The molecule has 0 saturated heterocycles. The Morgan fingerprint density at radius 1 is 1.18 bits per heavy atom. The lowest BCUT2D eigenvalue weighted by atomic mass is 9.93. The summed E-state index contributed by atoms with van der Waals surface area (Å²) in [5, 5.41) is 3.49. The predicted molar refractivity (Wildman–Crippen MR) is 49.5 cm³/mol. The van der Waals surface area contributed by atoms with Gasteiger partial charge in [0.25, 0.3) is 0 Å². The van der Waals surface area contributed by atoms with E-state index >= 15 is 0 Å². The van der Waals surface area contributed by atoms with Gasteiger partial charge in [-0.3, -0.25) is 0 Å². The third-order valence-electron chi connectivity index (χ3n) is 2.61. The van der Waals surface area contributed by atoms with Crippen molar-refractivity contribution in [3.63, 3.8) is 0 Å². The van der Waals surface area contributed by atoms with Gasteiger partial charge in [-0.1, -0.05) is 32.6 Å². The second-order valence-electron chi connectivity index (χ2n) is 3.72. The summed E-state index contributed by atoms with van der Waals surface area (Å²) in [5.74, 6) is 0. The lowest BCUT2D eigenvalue weighted by Gasteiger charge is -2.28. The van der Waals surface area contributed by atoms with Crippen molar-refractivity contribution < 1.29 is 0 Å². The first-order valence-corrected chi connectivity index (χ1v) is 4.87. The third kappa shape index (κ3) is 2.82. The van der Waals surface area contributed by atoms with Crippen LogP contribution in [0.15, 0.2) is 0 Å². The monoisotopic (exact) mass is 154 g/mol. The molecule has 1 radical (unpaired) electrons. The SMILES string of the molecule is [CH2]C1(NCC)CCCCCC1. The lowest BCUT2D eigenvalue weighted by molar-refractivity contribution is 0.360. The Kier molecular flexibility index (Phi) is 3.38. The predicted octanol–water partition coefficient (Wildman–Crippen LogP) is 2.52. The molecule has 65 valence electrons. The summed E-state index contributed by atoms with van der Waals surface area (Å²) in [7, 11) is 0. The average molecular weight is 154 g/mol. The minimum atomic E-state index is 0.214. The Balaban J connectivity index is 2.38. The molecule has 0 unspecified atom stereocenters. The lowest BCUT2D eigenvalue weighted by Crippen LogP contribution is -2.41. The zero-order valence-electron chi connectivity index (χ0n) is 7.66. The van der Waals surface area contributed by atoms with Crippen LogP contribution < -0.4 is 5.32 Å². The molecule has 1 heteroatoms. The summed E-state index contributed by atoms with van der Waals surface area (Å²) >= 11 is 0. The molecule has 0 aromatic carbocycles. The third-order valence-corrected chi connectivity index (χ3v) is 2.61. The molecular formula is C10H20N. The van der Waals surface area contributed by atoms with Crippen molar-refractivity contribution in [2.75, 3.05) is 6.54 Å². The highest BCUT2D eigenvalue weighted by Crippen LogP contribution is 2.25. The van der Waals surface area contributed by atoms with E-state index in [2.05, 4.69) is 19.2 Å². The normalized spacial score (nSPS) is 24.5. The van der Waals surface area contributed by atoms with E-state index in [0.29, 0.717) is 0 Å². The number of rotatable bonds is 2. The van der Waals surface area contributed by atoms with E-state index in [-0.39, 0.29) is 5.54 Å². The Morgan fingerprint density at radius 3 is 2.18 bits per heavy atom. The molecule has 0 spiro atoms. The average Bonchev–Trinajstić information content (AvgIpc) is 2.15. The van der Waals surface area contributed by atoms with Crippen LogP contribution in [-0.4, -0.2) is 12.1 Å². The van der Waals surface area contributed by atoms with E-state index in [0.717, 1.165) is 6.54 Å². The van der Waals surface area contributed by atoms with Gasteiger partial charge in [0.15, 0.2) is 0 Å². The highest BCUT2D eigenvalue weighted by molar-refractivity contribution is 4.91. The van der Waals surface area contributed by atoms with Crippen LogP contribution in [0.5, 0.6) is 0 Å². The molecule has 1 aliphatic carbocycles. The van der Waals surface area contributed by atoms with Crippen LogP contribution in [0.2, 0.25) is 0 Å². The maximum atomic E-state index is 4.27. The first kappa shape index (κ1) is 9.05. The van der Waals surface area contributed by atoms with Gasteiger partial charge in [-0.25, -0.2) is 0 Å². The van der Waals surface area contributed by atoms with Crippen LogP contribution in [0.25, 0.3) is 0 Å². The van der Waals surface area contributed by atoms with Crippen molar-refractivity contribution in [1.29, 1.82) is 0 Å². The summed E-state index contributed by atoms with van der Waals surface area (Å²) in [6.07, 6.45) is 8.06. The van der Waals surface area contributed by atoms with Crippen LogP contribution in [0.3, 0.4) is 0 Å². The molecule has 1 aliphatic rings. The summed E-state index contributed by atoms with van der Waals surface area (Å²) in [6.45, 7) is 7.49. The second kappa shape index (κ2) is 4.10. The van der Waals surface area contributed by atoms with Gasteiger partial charge >= 0.3 is 0 Å². The zero-order valence-corrected chi connectivity index (χ0v) is 7.66. The fourth-order valence-electron chi connectivity index (χ4n) is 1.96. The van der Waals surface area contributed by atoms with Crippen LogP contribution >= 0.6 is 0 Å². The summed E-state index contributed by atoms with van der Waals surface area (Å²) in [6, 6.07) is 0. The molecule has 0 atom stereocenters. The maximum Gasteiger partial charge on any atom is 0.0182 e. The van der Waals surface area contributed by atoms with Crippen LogP contribution in [0, 0.1) is 6.92 Å². The van der Waals surface area contributed by atoms with Gasteiger partial charge in [-0.15, -0.1) is 0 Å². The first-order valence-electron chi connectivity index (χ1n) is 4.87. The molecule has 1 nitrogen and oxygen atoms in total. The van der Waals surface area contributed by atoms with Crippen molar-refractivity contribution in [2.24, 2.45) is 0 Å².